The van der Waals surface area contributed by atoms with Crippen molar-refractivity contribution in [2.24, 2.45) is 0 Å². The van der Waals surface area contributed by atoms with Crippen molar-refractivity contribution in [1.29, 1.82) is 0 Å². The Labute approximate surface area is 196 Å². The maximum absolute atomic E-state index is 13.0. The van der Waals surface area contributed by atoms with E-state index in [1.54, 1.807) is 34.1 Å². The zero-order valence-electron chi connectivity index (χ0n) is 18.0. The van der Waals surface area contributed by atoms with Crippen molar-refractivity contribution in [3.05, 3.63) is 71.0 Å². The van der Waals surface area contributed by atoms with Gasteiger partial charge in [-0.15, -0.1) is 0 Å². The third-order valence-electron chi connectivity index (χ3n) is 6.38. The number of hydrogen-bond acceptors (Lipinski definition) is 6. The number of fused-ring (bicyclic) bond motifs is 1. The Morgan fingerprint density at radius 3 is 2.30 bits per heavy atom. The van der Waals surface area contributed by atoms with Crippen molar-refractivity contribution >= 4 is 34.4 Å². The van der Waals surface area contributed by atoms with E-state index >= 15 is 0 Å². The highest BCUT2D eigenvalue weighted by molar-refractivity contribution is 6.30. The van der Waals surface area contributed by atoms with E-state index in [9.17, 15) is 14.7 Å². The summed E-state index contributed by atoms with van der Waals surface area (Å²) in [5.41, 5.74) is 2.34. The van der Waals surface area contributed by atoms with Gasteiger partial charge in [0, 0.05) is 49.9 Å². The molecule has 2 unspecified atom stereocenters. The molecule has 1 N–H and O–H groups in total. The Balaban J connectivity index is 1.20. The van der Waals surface area contributed by atoms with Crippen molar-refractivity contribution in [2.45, 2.75) is 12.1 Å². The zero-order valence-corrected chi connectivity index (χ0v) is 18.7. The molecule has 0 saturated carbocycles. The number of aliphatic hydroxyl groups is 1. The summed E-state index contributed by atoms with van der Waals surface area (Å²) in [5, 5.41) is 11.2. The predicted octanol–water partition coefficient (Wildman–Crippen LogP) is 1.93. The monoisotopic (exact) mass is 465 g/mol. The molecule has 3 aromatic rings. The second-order valence-corrected chi connectivity index (χ2v) is 8.86. The quantitative estimate of drug-likeness (QED) is 0.635. The summed E-state index contributed by atoms with van der Waals surface area (Å²) < 4.78 is 0. The number of carbonyl (C=O) groups excluding carboxylic acids is 2. The number of likely N-dealkylation sites (tertiary alicyclic amines) is 1. The highest BCUT2D eigenvalue weighted by atomic mass is 35.5. The summed E-state index contributed by atoms with van der Waals surface area (Å²) in [4.78, 5) is 40.2. The molecule has 0 radical (unpaired) electrons. The Morgan fingerprint density at radius 1 is 0.879 bits per heavy atom. The van der Waals surface area contributed by atoms with Gasteiger partial charge in [-0.3, -0.25) is 19.5 Å². The Kier molecular flexibility index (Phi) is 5.97. The van der Waals surface area contributed by atoms with Crippen LogP contribution in [0.2, 0.25) is 5.02 Å². The van der Waals surface area contributed by atoms with E-state index < -0.39 is 6.10 Å². The number of rotatable bonds is 3. The van der Waals surface area contributed by atoms with Crippen LogP contribution in [0.4, 0.5) is 0 Å². The molecular formula is C24H24ClN5O3. The Morgan fingerprint density at radius 2 is 1.58 bits per heavy atom. The highest BCUT2D eigenvalue weighted by Gasteiger charge is 2.39. The van der Waals surface area contributed by atoms with Crippen LogP contribution in [0.5, 0.6) is 0 Å². The first-order valence-electron chi connectivity index (χ1n) is 11.0. The number of aromatic nitrogens is 2. The lowest BCUT2D eigenvalue weighted by Gasteiger charge is -2.38. The second kappa shape index (κ2) is 9.05. The van der Waals surface area contributed by atoms with Gasteiger partial charge in [0.25, 0.3) is 11.8 Å². The number of β-amino-alcohol motifs (C(OH)–C–C–N with tert-alkyl or cyclic N) is 1. The maximum Gasteiger partial charge on any atom is 0.274 e. The normalized spacial score (nSPS) is 21.5. The summed E-state index contributed by atoms with van der Waals surface area (Å²) in [6, 6.07) is 14.1. The summed E-state index contributed by atoms with van der Waals surface area (Å²) in [7, 11) is 0. The lowest BCUT2D eigenvalue weighted by molar-refractivity contribution is 0.0373. The third kappa shape index (κ3) is 4.42. The first-order valence-corrected chi connectivity index (χ1v) is 11.4. The fraction of sp³-hybridized carbons (Fsp3) is 0.333. The van der Waals surface area contributed by atoms with Gasteiger partial charge in [0.05, 0.1) is 29.4 Å². The van der Waals surface area contributed by atoms with E-state index in [0.29, 0.717) is 54.5 Å². The molecule has 2 fully saturated rings. The van der Waals surface area contributed by atoms with Crippen LogP contribution in [0.15, 0.2) is 54.7 Å². The molecule has 2 aromatic carbocycles. The van der Waals surface area contributed by atoms with Crippen LogP contribution < -0.4 is 0 Å². The standard InChI is InChI=1S/C24H24ClN5O3/c25-17-7-5-16(6-8-17)23(32)30-14-21(22(31)15-30)28-9-11-29(12-10-28)24(33)20-13-26-18-3-1-2-4-19(18)27-20/h1-8,13,21-22,31H,9-12,14-15H2. The molecule has 0 bridgehead atoms. The predicted molar refractivity (Wildman–Crippen MR) is 124 cm³/mol. The molecule has 2 aliphatic heterocycles. The molecule has 170 valence electrons. The molecule has 8 nitrogen and oxygen atoms in total. The zero-order chi connectivity index (χ0) is 22.9. The van der Waals surface area contributed by atoms with Gasteiger partial charge in [-0.05, 0) is 36.4 Å². The van der Waals surface area contributed by atoms with Gasteiger partial charge < -0.3 is 14.9 Å². The minimum absolute atomic E-state index is 0.114. The van der Waals surface area contributed by atoms with Crippen LogP contribution in [-0.4, -0.2) is 93.0 Å². The van der Waals surface area contributed by atoms with Gasteiger partial charge >= 0.3 is 0 Å². The second-order valence-electron chi connectivity index (χ2n) is 8.42. The molecule has 9 heteroatoms. The molecule has 5 rings (SSSR count). The van der Waals surface area contributed by atoms with Crippen molar-refractivity contribution in [1.82, 2.24) is 24.7 Å². The topological polar surface area (TPSA) is 89.9 Å². The van der Waals surface area contributed by atoms with E-state index in [1.165, 1.54) is 6.20 Å². The van der Waals surface area contributed by atoms with E-state index in [4.69, 9.17) is 11.6 Å². The molecule has 0 aliphatic carbocycles. The molecule has 2 amide bonds. The van der Waals surface area contributed by atoms with Crippen molar-refractivity contribution in [3.63, 3.8) is 0 Å². The third-order valence-corrected chi connectivity index (χ3v) is 6.63. The number of aliphatic hydroxyl groups excluding tert-OH is 1. The maximum atomic E-state index is 13.0. The van der Waals surface area contributed by atoms with Gasteiger partial charge in [0.1, 0.15) is 5.69 Å². The van der Waals surface area contributed by atoms with Gasteiger partial charge in [-0.2, -0.15) is 0 Å². The van der Waals surface area contributed by atoms with E-state index in [0.717, 1.165) is 5.52 Å². The molecule has 2 atom stereocenters. The van der Waals surface area contributed by atoms with Crippen LogP contribution >= 0.6 is 11.6 Å². The van der Waals surface area contributed by atoms with Crippen molar-refractivity contribution in [2.75, 3.05) is 39.3 Å². The minimum atomic E-state index is -0.630. The fourth-order valence-electron chi connectivity index (χ4n) is 4.55. The van der Waals surface area contributed by atoms with E-state index in [1.807, 2.05) is 24.3 Å². The lowest BCUT2D eigenvalue weighted by Crippen LogP contribution is -2.55. The molecular weight excluding hydrogens is 442 g/mol. The smallest absolute Gasteiger partial charge is 0.274 e. The number of amides is 2. The number of carbonyl (C=O) groups is 2. The van der Waals surface area contributed by atoms with Crippen LogP contribution in [0.3, 0.4) is 0 Å². The van der Waals surface area contributed by atoms with Crippen LogP contribution in [0, 0.1) is 0 Å². The van der Waals surface area contributed by atoms with Crippen LogP contribution in [0.1, 0.15) is 20.8 Å². The van der Waals surface area contributed by atoms with E-state index in [-0.39, 0.29) is 24.4 Å². The average molecular weight is 466 g/mol. The van der Waals surface area contributed by atoms with Gasteiger partial charge in [0.15, 0.2) is 0 Å². The number of halogens is 1. The largest absolute Gasteiger partial charge is 0.390 e. The molecule has 2 saturated heterocycles. The first kappa shape index (κ1) is 21.8. The van der Waals surface area contributed by atoms with Crippen LogP contribution in [0.25, 0.3) is 11.0 Å². The van der Waals surface area contributed by atoms with Gasteiger partial charge in [0.2, 0.25) is 0 Å². The summed E-state index contributed by atoms with van der Waals surface area (Å²) in [6.07, 6.45) is 0.896. The van der Waals surface area contributed by atoms with Crippen molar-refractivity contribution < 1.29 is 14.7 Å². The van der Waals surface area contributed by atoms with Gasteiger partial charge in [-0.25, -0.2) is 4.98 Å². The number of hydrogen-bond donors (Lipinski definition) is 1. The molecule has 2 aliphatic rings. The Bertz CT molecular complexity index is 1180. The number of piperazine rings is 1. The molecule has 3 heterocycles. The summed E-state index contributed by atoms with van der Waals surface area (Å²) in [5.74, 6) is -0.253. The van der Waals surface area contributed by atoms with Gasteiger partial charge in [-0.1, -0.05) is 23.7 Å². The number of benzene rings is 2. The van der Waals surface area contributed by atoms with Crippen LogP contribution in [-0.2, 0) is 0 Å². The molecule has 0 spiro atoms. The minimum Gasteiger partial charge on any atom is -0.390 e. The molecule has 33 heavy (non-hydrogen) atoms. The highest BCUT2D eigenvalue weighted by Crippen LogP contribution is 2.22. The lowest BCUT2D eigenvalue weighted by atomic mass is 10.1. The summed E-state index contributed by atoms with van der Waals surface area (Å²) in [6.45, 7) is 3.04. The fourth-order valence-corrected chi connectivity index (χ4v) is 4.67. The van der Waals surface area contributed by atoms with E-state index in [2.05, 4.69) is 14.9 Å². The van der Waals surface area contributed by atoms with Crippen molar-refractivity contribution in [3.8, 4) is 0 Å². The first-order chi connectivity index (χ1) is 16.0. The molecule has 1 aromatic heterocycles. The number of nitrogens with zero attached hydrogens (tertiary/aromatic N) is 5. The SMILES string of the molecule is O=C(c1ccc(Cl)cc1)N1CC(O)C(N2CCN(C(=O)c3cnc4ccccc4n3)CC2)C1. The average Bonchev–Trinajstić information content (AvgIpc) is 3.25. The number of para-hydroxylation sites is 2. The Hall–Kier alpha value is -3.07. The summed E-state index contributed by atoms with van der Waals surface area (Å²) >= 11 is 5.92.